The van der Waals surface area contributed by atoms with E-state index < -0.39 is 0 Å². The maximum absolute atomic E-state index is 5.45. The average Bonchev–Trinajstić information content (AvgIpc) is 3.02. The molecule has 2 aromatic rings. The number of unbranched alkanes of at least 4 members (excludes halogenated alkanes) is 11. The van der Waals surface area contributed by atoms with Crippen LogP contribution in [0.5, 0.6) is 0 Å². The van der Waals surface area contributed by atoms with Gasteiger partial charge >= 0.3 is 0 Å². The highest BCUT2D eigenvalue weighted by Gasteiger charge is 2.11. The summed E-state index contributed by atoms with van der Waals surface area (Å²) in [5, 5.41) is 0. The number of hydrogen-bond donors (Lipinski definition) is 0. The molecule has 0 aliphatic heterocycles. The molecule has 2 aromatic carbocycles. The Bertz CT molecular complexity index is 1040. The van der Waals surface area contributed by atoms with Crippen LogP contribution < -0.4 is 0 Å². The van der Waals surface area contributed by atoms with Crippen molar-refractivity contribution < 1.29 is 0 Å². The zero-order valence-corrected chi connectivity index (χ0v) is 29.9. The van der Waals surface area contributed by atoms with Gasteiger partial charge in [0.25, 0.3) is 0 Å². The molecule has 2 heteroatoms. The fraction of sp³-hybridized carbons (Fsp3) is 0.667. The predicted molar refractivity (Wildman–Crippen MR) is 199 cm³/mol. The molecule has 0 unspecified atom stereocenters. The molecule has 0 saturated heterocycles. The molecule has 0 heterocycles. The third kappa shape index (κ3) is 15.7. The van der Waals surface area contributed by atoms with Crippen LogP contribution in [0.25, 0.3) is 0 Å². The van der Waals surface area contributed by atoms with E-state index in [0.717, 1.165) is 49.9 Å². The van der Waals surface area contributed by atoms with Gasteiger partial charge in [-0.1, -0.05) is 124 Å². The van der Waals surface area contributed by atoms with E-state index in [4.69, 9.17) is 9.98 Å². The van der Waals surface area contributed by atoms with Gasteiger partial charge in [-0.15, -0.1) is 0 Å². The van der Waals surface area contributed by atoms with Crippen LogP contribution in [-0.4, -0.2) is 11.4 Å². The Morgan fingerprint density at radius 1 is 0.386 bits per heavy atom. The van der Waals surface area contributed by atoms with Crippen molar-refractivity contribution in [3.8, 4) is 0 Å². The van der Waals surface area contributed by atoms with Crippen LogP contribution in [0.15, 0.2) is 46.4 Å². The van der Waals surface area contributed by atoms with Crippen LogP contribution in [0.4, 0.5) is 11.4 Å². The van der Waals surface area contributed by atoms with E-state index in [0.29, 0.717) is 0 Å². The second-order valence-corrected chi connectivity index (χ2v) is 13.1. The highest BCUT2D eigenvalue weighted by atomic mass is 14.8. The van der Waals surface area contributed by atoms with Gasteiger partial charge in [0.2, 0.25) is 0 Å². The molecule has 0 fully saturated rings. The normalized spacial score (nSPS) is 12.3. The Balaban J connectivity index is 2.52. The van der Waals surface area contributed by atoms with Crippen LogP contribution in [0, 0.1) is 0 Å². The number of aliphatic imine (C=N–C) groups is 2. The first-order valence-corrected chi connectivity index (χ1v) is 19.0. The van der Waals surface area contributed by atoms with Crippen molar-refractivity contribution in [2.24, 2.45) is 9.98 Å². The van der Waals surface area contributed by atoms with Crippen LogP contribution >= 0.6 is 0 Å². The molecule has 0 aromatic heterocycles. The van der Waals surface area contributed by atoms with E-state index in [1.54, 1.807) is 0 Å². The first kappa shape index (κ1) is 38.0. The molecule has 0 amide bonds. The molecule has 246 valence electrons. The maximum Gasteiger partial charge on any atom is 0.0639 e. The summed E-state index contributed by atoms with van der Waals surface area (Å²) >= 11 is 0. The van der Waals surface area contributed by atoms with Crippen molar-refractivity contribution in [3.05, 3.63) is 58.7 Å². The van der Waals surface area contributed by atoms with Crippen molar-refractivity contribution in [1.29, 1.82) is 0 Å². The lowest BCUT2D eigenvalue weighted by Gasteiger charge is -2.13. The minimum atomic E-state index is 0.914. The second-order valence-electron chi connectivity index (χ2n) is 13.1. The predicted octanol–water partition coefficient (Wildman–Crippen LogP) is 13.8. The van der Waals surface area contributed by atoms with Crippen LogP contribution in [0.3, 0.4) is 0 Å². The number of nitrogens with zero attached hydrogens (tertiary/aromatic N) is 2. The lowest BCUT2D eigenvalue weighted by molar-refractivity contribution is 0.684. The molecule has 44 heavy (non-hydrogen) atoms. The summed E-state index contributed by atoms with van der Waals surface area (Å²) in [6, 6.07) is 14.4. The Hall–Kier alpha value is -2.22. The lowest BCUT2D eigenvalue weighted by Crippen LogP contribution is -2.13. The fourth-order valence-corrected chi connectivity index (χ4v) is 6.15. The fourth-order valence-electron chi connectivity index (χ4n) is 6.15. The van der Waals surface area contributed by atoms with Crippen molar-refractivity contribution in [1.82, 2.24) is 0 Å². The second kappa shape index (κ2) is 24.1. The zero-order chi connectivity index (χ0) is 31.8. The molecule has 0 atom stereocenters. The molecule has 2 nitrogen and oxygen atoms in total. The quantitative estimate of drug-likeness (QED) is 0.0800. The van der Waals surface area contributed by atoms with Crippen molar-refractivity contribution in [2.45, 2.75) is 183 Å². The van der Waals surface area contributed by atoms with Gasteiger partial charge in [0, 0.05) is 0 Å². The van der Waals surface area contributed by atoms with Crippen molar-refractivity contribution in [3.63, 3.8) is 0 Å². The molecular formula is C42H68N2. The van der Waals surface area contributed by atoms with Gasteiger partial charge in [-0.2, -0.15) is 0 Å². The summed E-state index contributed by atoms with van der Waals surface area (Å²) < 4.78 is 0. The first-order valence-electron chi connectivity index (χ1n) is 19.0. The smallest absolute Gasteiger partial charge is 0.0639 e. The van der Waals surface area contributed by atoms with E-state index in [1.165, 1.54) is 136 Å². The molecule has 2 rings (SSSR count). The molecule has 0 aliphatic carbocycles. The van der Waals surface area contributed by atoms with E-state index in [1.807, 2.05) is 0 Å². The molecule has 0 spiro atoms. The Morgan fingerprint density at radius 2 is 0.727 bits per heavy atom. The summed E-state index contributed by atoms with van der Waals surface area (Å²) in [7, 11) is 0. The Kier molecular flexibility index (Phi) is 20.8. The zero-order valence-electron chi connectivity index (χ0n) is 29.9. The summed E-state index contributed by atoms with van der Waals surface area (Å²) in [4.78, 5) is 10.9. The standard InChI is InChI=1S/C42H68N2/c1-7-13-18-23-28-42(44-40-33-37(26-21-16-10-4)30-38(34-40)27-22-17-11-5)41(12-6)43-39-31-35(24-19-14-8-2)29-36(32-39)25-20-15-9-3/h29-34H,7-28H2,1-6H3. The number of aryl methyl sites for hydroxylation is 4. The van der Waals surface area contributed by atoms with Crippen LogP contribution in [0.2, 0.25) is 0 Å². The highest BCUT2D eigenvalue weighted by molar-refractivity contribution is 6.43. The third-order valence-corrected chi connectivity index (χ3v) is 8.81. The molecule has 0 bridgehead atoms. The number of rotatable bonds is 25. The SMILES string of the molecule is CCCCCCC(=Nc1cc(CCCCC)cc(CCCCC)c1)C(CC)=Nc1cc(CCCCC)cc(CCCCC)c1. The van der Waals surface area contributed by atoms with Gasteiger partial charge in [0.15, 0.2) is 0 Å². The van der Waals surface area contributed by atoms with E-state index in [-0.39, 0.29) is 0 Å². The van der Waals surface area contributed by atoms with E-state index in [9.17, 15) is 0 Å². The average molecular weight is 601 g/mol. The van der Waals surface area contributed by atoms with Gasteiger partial charge < -0.3 is 0 Å². The maximum atomic E-state index is 5.45. The highest BCUT2D eigenvalue weighted by Crippen LogP contribution is 2.26. The minimum absolute atomic E-state index is 0.914. The molecule has 0 radical (unpaired) electrons. The monoisotopic (exact) mass is 601 g/mol. The summed E-state index contributed by atoms with van der Waals surface area (Å²) in [6.07, 6.45) is 26.8. The van der Waals surface area contributed by atoms with Crippen LogP contribution in [0.1, 0.15) is 179 Å². The van der Waals surface area contributed by atoms with Crippen molar-refractivity contribution >= 4 is 22.8 Å². The van der Waals surface area contributed by atoms with Crippen LogP contribution in [-0.2, 0) is 25.7 Å². The Labute approximate surface area is 273 Å². The summed E-state index contributed by atoms with van der Waals surface area (Å²) in [6.45, 7) is 13.7. The van der Waals surface area contributed by atoms with E-state index in [2.05, 4.69) is 77.9 Å². The number of hydrogen-bond acceptors (Lipinski definition) is 2. The Morgan fingerprint density at radius 3 is 1.07 bits per heavy atom. The van der Waals surface area contributed by atoms with Gasteiger partial charge in [-0.05, 0) is 117 Å². The summed E-state index contributed by atoms with van der Waals surface area (Å²) in [5.74, 6) is 0. The first-order chi connectivity index (χ1) is 21.6. The minimum Gasteiger partial charge on any atom is -0.252 e. The molecular weight excluding hydrogens is 532 g/mol. The lowest BCUT2D eigenvalue weighted by atomic mass is 9.99. The third-order valence-electron chi connectivity index (χ3n) is 8.81. The van der Waals surface area contributed by atoms with Gasteiger partial charge in [0.1, 0.15) is 0 Å². The molecule has 0 aliphatic rings. The molecule has 0 N–H and O–H groups in total. The van der Waals surface area contributed by atoms with Gasteiger partial charge in [-0.25, -0.2) is 0 Å². The molecule has 0 saturated carbocycles. The largest absolute Gasteiger partial charge is 0.252 e. The number of benzene rings is 2. The van der Waals surface area contributed by atoms with Gasteiger partial charge in [0.05, 0.1) is 22.8 Å². The van der Waals surface area contributed by atoms with Crippen molar-refractivity contribution in [2.75, 3.05) is 0 Å². The van der Waals surface area contributed by atoms with E-state index >= 15 is 0 Å². The topological polar surface area (TPSA) is 24.7 Å². The van der Waals surface area contributed by atoms with Gasteiger partial charge in [-0.3, -0.25) is 9.98 Å². The summed E-state index contributed by atoms with van der Waals surface area (Å²) in [5.41, 5.74) is 10.5.